The van der Waals surface area contributed by atoms with E-state index >= 15 is 0 Å². The van der Waals surface area contributed by atoms with Crippen LogP contribution in [0.3, 0.4) is 0 Å². The number of nitrogens with zero attached hydrogens (tertiary/aromatic N) is 2. The van der Waals surface area contributed by atoms with Gasteiger partial charge in [0.1, 0.15) is 18.3 Å². The highest BCUT2D eigenvalue weighted by Crippen LogP contribution is 2.55. The molecule has 1 aliphatic rings. The Balaban J connectivity index is 2.14. The van der Waals surface area contributed by atoms with Crippen LogP contribution in [0, 0.1) is 0 Å². The predicted molar refractivity (Wildman–Crippen MR) is 84.6 cm³/mol. The zero-order valence-electron chi connectivity index (χ0n) is 13.4. The van der Waals surface area contributed by atoms with Gasteiger partial charge < -0.3 is 34.2 Å². The highest BCUT2D eigenvalue weighted by Gasteiger charge is 2.45. The van der Waals surface area contributed by atoms with Gasteiger partial charge in [-0.05, 0) is 0 Å². The Kier molecular flexibility index (Phi) is 6.08. The SMILES string of the molecule is Cn1c(=O)ccn([C@@H]2O[C@H](COP(=O)(O)CP(=O)(O)O)C(O)C2O)c1=O. The molecule has 0 amide bonds. The molecule has 13 nitrogen and oxygen atoms in total. The highest BCUT2D eigenvalue weighted by atomic mass is 31.2. The molecule has 0 bridgehead atoms. The Morgan fingerprint density at radius 2 is 1.81 bits per heavy atom. The summed E-state index contributed by atoms with van der Waals surface area (Å²) in [6.07, 6.45) is -4.97. The maximum Gasteiger partial charge on any atom is 0.340 e. The lowest BCUT2D eigenvalue weighted by molar-refractivity contribution is -0.0529. The summed E-state index contributed by atoms with van der Waals surface area (Å²) >= 11 is 0. The van der Waals surface area contributed by atoms with Gasteiger partial charge in [0.2, 0.25) is 0 Å². The highest BCUT2D eigenvalue weighted by molar-refractivity contribution is 7.70. The van der Waals surface area contributed by atoms with Crippen LogP contribution in [0.4, 0.5) is 0 Å². The maximum atomic E-state index is 12.1. The van der Waals surface area contributed by atoms with Gasteiger partial charge in [-0.2, -0.15) is 0 Å². The third-order valence-corrected chi connectivity index (χ3v) is 7.09. The summed E-state index contributed by atoms with van der Waals surface area (Å²) in [4.78, 5) is 50.3. The molecule has 0 spiro atoms. The average Bonchev–Trinajstić information content (AvgIpc) is 2.77. The molecule has 0 radical (unpaired) electrons. The summed E-state index contributed by atoms with van der Waals surface area (Å²) in [6, 6.07) is 1.04. The van der Waals surface area contributed by atoms with Crippen molar-refractivity contribution in [2.24, 2.45) is 7.05 Å². The van der Waals surface area contributed by atoms with E-state index in [9.17, 15) is 33.8 Å². The lowest BCUT2D eigenvalue weighted by atomic mass is 10.1. The van der Waals surface area contributed by atoms with Crippen molar-refractivity contribution in [2.75, 3.05) is 12.5 Å². The van der Waals surface area contributed by atoms with Crippen molar-refractivity contribution >= 4 is 15.2 Å². The molecule has 1 aromatic rings. The van der Waals surface area contributed by atoms with Gasteiger partial charge in [0.25, 0.3) is 5.56 Å². The molecule has 1 aliphatic heterocycles. The first-order chi connectivity index (χ1) is 11.8. The number of aromatic nitrogens is 2. The Bertz CT molecular complexity index is 874. The van der Waals surface area contributed by atoms with E-state index in [2.05, 4.69) is 4.52 Å². The summed E-state index contributed by atoms with van der Waals surface area (Å²) in [5.74, 6) is -1.42. The van der Waals surface area contributed by atoms with Crippen LogP contribution in [-0.2, 0) is 25.4 Å². The zero-order chi connectivity index (χ0) is 19.9. The largest absolute Gasteiger partial charge is 0.387 e. The first kappa shape index (κ1) is 21.2. The van der Waals surface area contributed by atoms with Gasteiger partial charge in [-0.1, -0.05) is 0 Å². The van der Waals surface area contributed by atoms with Crippen molar-refractivity contribution in [2.45, 2.75) is 24.5 Å². The summed E-state index contributed by atoms with van der Waals surface area (Å²) in [5.41, 5.74) is -1.43. The number of ether oxygens (including phenoxy) is 1. The molecule has 5 N–H and O–H groups in total. The molecule has 1 aromatic heterocycles. The predicted octanol–water partition coefficient (Wildman–Crippen LogP) is -2.50. The monoisotopic (exact) mass is 416 g/mol. The van der Waals surface area contributed by atoms with Gasteiger partial charge in [0.15, 0.2) is 12.1 Å². The van der Waals surface area contributed by atoms with Crippen LogP contribution >= 0.6 is 15.2 Å². The van der Waals surface area contributed by atoms with Crippen molar-refractivity contribution in [1.82, 2.24) is 9.13 Å². The van der Waals surface area contributed by atoms with Crippen LogP contribution in [0.15, 0.2) is 21.9 Å². The van der Waals surface area contributed by atoms with Crippen molar-refractivity contribution < 1.29 is 43.3 Å². The van der Waals surface area contributed by atoms with Crippen molar-refractivity contribution in [3.05, 3.63) is 33.1 Å². The first-order valence-electron chi connectivity index (χ1n) is 7.13. The molecule has 1 saturated heterocycles. The molecular formula is C11H18N2O11P2. The van der Waals surface area contributed by atoms with Gasteiger partial charge in [-0.3, -0.25) is 23.1 Å². The molecule has 0 aliphatic carbocycles. The molecule has 3 unspecified atom stereocenters. The van der Waals surface area contributed by atoms with E-state index in [1.54, 1.807) is 0 Å². The van der Waals surface area contributed by atoms with E-state index in [1.807, 2.05) is 0 Å². The van der Waals surface area contributed by atoms with E-state index in [4.69, 9.17) is 14.5 Å². The Hall–Kier alpha value is -1.14. The summed E-state index contributed by atoms with van der Waals surface area (Å²) in [6.45, 7) is -0.775. The van der Waals surface area contributed by atoms with Crippen molar-refractivity contribution in [1.29, 1.82) is 0 Å². The Morgan fingerprint density at radius 3 is 2.38 bits per heavy atom. The molecule has 0 saturated carbocycles. The molecule has 0 aromatic carbocycles. The van der Waals surface area contributed by atoms with Gasteiger partial charge in [0, 0.05) is 19.3 Å². The molecule has 2 heterocycles. The molecular weight excluding hydrogens is 398 g/mol. The lowest BCUT2D eigenvalue weighted by Crippen LogP contribution is -2.41. The van der Waals surface area contributed by atoms with Crippen LogP contribution in [0.5, 0.6) is 0 Å². The normalized spacial score (nSPS) is 28.8. The van der Waals surface area contributed by atoms with E-state index in [0.717, 1.165) is 21.4 Å². The second-order valence-electron chi connectivity index (χ2n) is 5.69. The lowest BCUT2D eigenvalue weighted by Gasteiger charge is -2.18. The molecule has 26 heavy (non-hydrogen) atoms. The van der Waals surface area contributed by atoms with Crippen LogP contribution < -0.4 is 11.2 Å². The van der Waals surface area contributed by atoms with E-state index in [-0.39, 0.29) is 0 Å². The average molecular weight is 416 g/mol. The number of hydrogen-bond acceptors (Lipinski definition) is 8. The molecule has 15 heteroatoms. The number of rotatable bonds is 6. The number of hydrogen-bond donors (Lipinski definition) is 5. The zero-order valence-corrected chi connectivity index (χ0v) is 15.1. The van der Waals surface area contributed by atoms with Crippen LogP contribution in [-0.4, -0.2) is 64.8 Å². The van der Waals surface area contributed by atoms with Crippen molar-refractivity contribution in [3.63, 3.8) is 0 Å². The number of aliphatic hydroxyl groups is 2. The molecule has 5 atom stereocenters. The third-order valence-electron chi connectivity index (χ3n) is 3.63. The van der Waals surface area contributed by atoms with Crippen LogP contribution in [0.25, 0.3) is 0 Å². The van der Waals surface area contributed by atoms with E-state index < -0.39 is 63.5 Å². The molecule has 1 fully saturated rings. The maximum absolute atomic E-state index is 12.1. The fourth-order valence-corrected chi connectivity index (χ4v) is 4.91. The van der Waals surface area contributed by atoms with E-state index in [0.29, 0.717) is 0 Å². The topological polar surface area (TPSA) is 198 Å². The van der Waals surface area contributed by atoms with E-state index in [1.165, 1.54) is 7.05 Å². The van der Waals surface area contributed by atoms with Gasteiger partial charge in [-0.25, -0.2) is 4.79 Å². The second-order valence-corrected chi connectivity index (χ2v) is 9.68. The van der Waals surface area contributed by atoms with Crippen molar-refractivity contribution in [3.8, 4) is 0 Å². The van der Waals surface area contributed by atoms with Gasteiger partial charge in [0.05, 0.1) is 6.61 Å². The van der Waals surface area contributed by atoms with Gasteiger partial charge >= 0.3 is 20.9 Å². The Labute approximate surface area is 145 Å². The minimum absolute atomic E-state index is 0.599. The summed E-state index contributed by atoms with van der Waals surface area (Å²) in [7, 11) is -8.30. The fourth-order valence-electron chi connectivity index (χ4n) is 2.34. The minimum Gasteiger partial charge on any atom is -0.387 e. The quantitative estimate of drug-likeness (QED) is 0.307. The third kappa shape index (κ3) is 4.77. The van der Waals surface area contributed by atoms with Gasteiger partial charge in [-0.15, -0.1) is 0 Å². The smallest absolute Gasteiger partial charge is 0.340 e. The van der Waals surface area contributed by atoms with Crippen LogP contribution in [0.1, 0.15) is 6.23 Å². The minimum atomic E-state index is -4.82. The van der Waals surface area contributed by atoms with Crippen LogP contribution in [0.2, 0.25) is 0 Å². The summed E-state index contributed by atoms with van der Waals surface area (Å²) in [5, 5.41) is 20.0. The standard InChI is InChI=1S/C11H18N2O11P2/c1-12-7(14)2-3-13(11(12)17)10-9(16)8(15)6(24-10)4-23-26(21,22)5-25(18,19)20/h2-3,6,8-10,15-16H,4-5H2,1H3,(H,21,22)(H2,18,19,20)/t6-,8?,9?,10-/m1/s1. The molecule has 2 rings (SSSR count). The first-order valence-corrected chi connectivity index (χ1v) is 10.7. The Morgan fingerprint density at radius 1 is 1.19 bits per heavy atom. The fraction of sp³-hybridized carbons (Fsp3) is 0.636. The molecule has 148 valence electrons. The number of aliphatic hydroxyl groups excluding tert-OH is 2. The second kappa shape index (κ2) is 7.47. The summed E-state index contributed by atoms with van der Waals surface area (Å²) < 4.78 is 33.8.